The first-order valence-electron chi connectivity index (χ1n) is 7.36. The van der Waals surface area contributed by atoms with E-state index in [1.807, 2.05) is 6.07 Å². The predicted octanol–water partition coefficient (Wildman–Crippen LogP) is 2.81. The maximum Gasteiger partial charge on any atom is 0.248 e. The van der Waals surface area contributed by atoms with Crippen LogP contribution in [0.4, 0.5) is 0 Å². The number of benzene rings is 1. The minimum atomic E-state index is -0.379. The molecule has 1 amide bonds. The zero-order valence-electron chi connectivity index (χ0n) is 11.6. The summed E-state index contributed by atoms with van der Waals surface area (Å²) in [6.07, 6.45) is 8.86. The lowest BCUT2D eigenvalue weighted by molar-refractivity contribution is 0.100. The fourth-order valence-electron chi connectivity index (χ4n) is 2.98. The number of amides is 1. The number of fused-ring (bicyclic) bond motifs is 1. The van der Waals surface area contributed by atoms with Crippen LogP contribution in [0.5, 0.6) is 0 Å². The molecule has 0 spiro atoms. The van der Waals surface area contributed by atoms with E-state index in [9.17, 15) is 4.79 Å². The minimum absolute atomic E-state index is 0.379. The highest BCUT2D eigenvalue weighted by Crippen LogP contribution is 2.25. The second-order valence-corrected chi connectivity index (χ2v) is 5.41. The van der Waals surface area contributed by atoms with Gasteiger partial charge in [-0.25, -0.2) is 0 Å². The van der Waals surface area contributed by atoms with Gasteiger partial charge in [0.05, 0.1) is 0 Å². The van der Waals surface area contributed by atoms with Crippen LogP contribution in [0.25, 0.3) is 0 Å². The molecule has 19 heavy (non-hydrogen) atoms. The zero-order valence-corrected chi connectivity index (χ0v) is 11.6. The molecule has 2 N–H and O–H groups in total. The van der Waals surface area contributed by atoms with Crippen LogP contribution in [0, 0.1) is 0 Å². The Morgan fingerprint density at radius 3 is 2.00 bits per heavy atom. The van der Waals surface area contributed by atoms with Crippen LogP contribution in [0.2, 0.25) is 0 Å². The summed E-state index contributed by atoms with van der Waals surface area (Å²) in [5.74, 6) is -0.379. The molecule has 0 aliphatic carbocycles. The molecule has 0 unspecified atom stereocenters. The van der Waals surface area contributed by atoms with Gasteiger partial charge in [-0.2, -0.15) is 0 Å². The Kier molecular flexibility index (Phi) is 5.40. The average Bonchev–Trinajstić information content (AvgIpc) is 2.49. The van der Waals surface area contributed by atoms with Crippen LogP contribution in [0.1, 0.15) is 48.9 Å². The van der Waals surface area contributed by atoms with E-state index in [0.717, 1.165) is 6.04 Å². The van der Waals surface area contributed by atoms with E-state index in [1.54, 1.807) is 24.3 Å². The number of hydrogen-bond donors (Lipinski definition) is 1. The van der Waals surface area contributed by atoms with Crippen molar-refractivity contribution in [3.05, 3.63) is 35.9 Å². The first-order chi connectivity index (χ1) is 9.27. The van der Waals surface area contributed by atoms with Gasteiger partial charge in [-0.1, -0.05) is 31.0 Å². The standard InChI is InChI=1S/C9H17N.C7H7NO/c1-3-7-10-8-4-2-6-9(10)5-1;8-7(9)6-4-2-1-3-5-6/h9H,1-8H2;1-5H,(H2,8,9). The van der Waals surface area contributed by atoms with Crippen LogP contribution in [-0.4, -0.2) is 29.9 Å². The Hall–Kier alpha value is -1.35. The Morgan fingerprint density at radius 1 is 1.00 bits per heavy atom. The lowest BCUT2D eigenvalue weighted by Crippen LogP contribution is -2.42. The molecule has 2 saturated heterocycles. The van der Waals surface area contributed by atoms with E-state index < -0.39 is 0 Å². The summed E-state index contributed by atoms with van der Waals surface area (Å²) in [5.41, 5.74) is 5.53. The van der Waals surface area contributed by atoms with Gasteiger partial charge in [-0.05, 0) is 50.9 Å². The monoisotopic (exact) mass is 260 g/mol. The second kappa shape index (κ2) is 7.29. The quantitative estimate of drug-likeness (QED) is 0.844. The van der Waals surface area contributed by atoms with Crippen LogP contribution < -0.4 is 5.73 Å². The maximum absolute atomic E-state index is 10.4. The first kappa shape index (κ1) is 14.1. The van der Waals surface area contributed by atoms with Crippen molar-refractivity contribution in [1.29, 1.82) is 0 Å². The Balaban J connectivity index is 0.000000141. The minimum Gasteiger partial charge on any atom is -0.366 e. The molecule has 0 atom stereocenters. The van der Waals surface area contributed by atoms with Crippen molar-refractivity contribution < 1.29 is 4.79 Å². The molecule has 2 fully saturated rings. The van der Waals surface area contributed by atoms with Crippen molar-refractivity contribution in [1.82, 2.24) is 4.90 Å². The zero-order chi connectivity index (χ0) is 13.5. The van der Waals surface area contributed by atoms with Gasteiger partial charge in [0.25, 0.3) is 0 Å². The van der Waals surface area contributed by atoms with Crippen LogP contribution in [0.3, 0.4) is 0 Å². The predicted molar refractivity (Wildman–Crippen MR) is 78.0 cm³/mol. The van der Waals surface area contributed by atoms with Gasteiger partial charge in [-0.3, -0.25) is 4.79 Å². The smallest absolute Gasteiger partial charge is 0.248 e. The molecule has 2 aliphatic heterocycles. The topological polar surface area (TPSA) is 46.3 Å². The number of rotatable bonds is 1. The average molecular weight is 260 g/mol. The fraction of sp³-hybridized carbons (Fsp3) is 0.562. The number of carbonyl (C=O) groups excluding carboxylic acids is 1. The molecule has 3 nitrogen and oxygen atoms in total. The van der Waals surface area contributed by atoms with Crippen LogP contribution >= 0.6 is 0 Å². The molecule has 2 heterocycles. The van der Waals surface area contributed by atoms with Gasteiger partial charge in [-0.15, -0.1) is 0 Å². The number of hydrogen-bond acceptors (Lipinski definition) is 2. The molecule has 1 aromatic rings. The van der Waals surface area contributed by atoms with Gasteiger partial charge in [0, 0.05) is 11.6 Å². The van der Waals surface area contributed by atoms with Crippen molar-refractivity contribution in [3.8, 4) is 0 Å². The van der Waals surface area contributed by atoms with Crippen LogP contribution in [-0.2, 0) is 0 Å². The summed E-state index contributed by atoms with van der Waals surface area (Å²) >= 11 is 0. The fourth-order valence-corrected chi connectivity index (χ4v) is 2.98. The Morgan fingerprint density at radius 2 is 1.58 bits per heavy atom. The third-order valence-corrected chi connectivity index (χ3v) is 4.04. The Labute approximate surface area is 115 Å². The SMILES string of the molecule is C1CCN2CCCCC2C1.NC(=O)c1ccccc1. The van der Waals surface area contributed by atoms with Gasteiger partial charge in [0.1, 0.15) is 0 Å². The molecule has 2 aliphatic rings. The highest BCUT2D eigenvalue weighted by atomic mass is 16.1. The van der Waals surface area contributed by atoms with Gasteiger partial charge in [0.2, 0.25) is 5.91 Å². The molecule has 0 radical (unpaired) electrons. The number of nitrogens with two attached hydrogens (primary N) is 1. The summed E-state index contributed by atoms with van der Waals surface area (Å²) in [5, 5.41) is 0. The number of carbonyl (C=O) groups is 1. The number of primary amides is 1. The molecular formula is C16H24N2O. The molecule has 3 heteroatoms. The summed E-state index contributed by atoms with van der Waals surface area (Å²) in [6, 6.07) is 9.75. The van der Waals surface area contributed by atoms with E-state index >= 15 is 0 Å². The molecule has 0 aromatic heterocycles. The third kappa shape index (κ3) is 4.35. The summed E-state index contributed by atoms with van der Waals surface area (Å²) in [6.45, 7) is 2.79. The molecular weight excluding hydrogens is 236 g/mol. The van der Waals surface area contributed by atoms with Gasteiger partial charge in [0.15, 0.2) is 0 Å². The van der Waals surface area contributed by atoms with E-state index in [4.69, 9.17) is 5.73 Å². The van der Waals surface area contributed by atoms with E-state index in [-0.39, 0.29) is 5.91 Å². The lowest BCUT2D eigenvalue weighted by atomic mass is 9.93. The molecule has 104 valence electrons. The van der Waals surface area contributed by atoms with Crippen LogP contribution in [0.15, 0.2) is 30.3 Å². The highest BCUT2D eigenvalue weighted by Gasteiger charge is 2.24. The molecule has 0 saturated carbocycles. The molecule has 0 bridgehead atoms. The normalized spacial score (nSPS) is 20.0. The Bertz CT molecular complexity index is 365. The summed E-state index contributed by atoms with van der Waals surface area (Å²) < 4.78 is 0. The van der Waals surface area contributed by atoms with Crippen molar-refractivity contribution in [3.63, 3.8) is 0 Å². The van der Waals surface area contributed by atoms with Crippen molar-refractivity contribution in [2.24, 2.45) is 5.73 Å². The van der Waals surface area contributed by atoms with Crippen molar-refractivity contribution >= 4 is 5.91 Å². The number of nitrogens with zero attached hydrogens (tertiary/aromatic N) is 1. The molecule has 3 rings (SSSR count). The van der Waals surface area contributed by atoms with Crippen molar-refractivity contribution in [2.75, 3.05) is 13.1 Å². The van der Waals surface area contributed by atoms with Gasteiger partial charge < -0.3 is 10.6 Å². The first-order valence-corrected chi connectivity index (χ1v) is 7.36. The van der Waals surface area contributed by atoms with E-state index in [0.29, 0.717) is 5.56 Å². The third-order valence-electron chi connectivity index (χ3n) is 4.04. The highest BCUT2D eigenvalue weighted by molar-refractivity contribution is 5.92. The summed E-state index contributed by atoms with van der Waals surface area (Å²) in [4.78, 5) is 13.1. The lowest BCUT2D eigenvalue weighted by Gasteiger charge is -2.39. The van der Waals surface area contributed by atoms with E-state index in [2.05, 4.69) is 4.90 Å². The maximum atomic E-state index is 10.4. The van der Waals surface area contributed by atoms with E-state index in [1.165, 1.54) is 51.6 Å². The van der Waals surface area contributed by atoms with Gasteiger partial charge >= 0.3 is 0 Å². The molecule has 1 aromatic carbocycles. The largest absolute Gasteiger partial charge is 0.366 e. The summed E-state index contributed by atoms with van der Waals surface area (Å²) in [7, 11) is 0. The number of piperidine rings is 2. The second-order valence-electron chi connectivity index (χ2n) is 5.41. The van der Waals surface area contributed by atoms with Crippen molar-refractivity contribution in [2.45, 2.75) is 44.6 Å².